The average molecular weight is 360 g/mol. The Morgan fingerprint density at radius 3 is 2.38 bits per heavy atom. The van der Waals surface area contributed by atoms with E-state index in [9.17, 15) is 19.2 Å². The second-order valence-electron chi connectivity index (χ2n) is 6.34. The zero-order valence-electron chi connectivity index (χ0n) is 15.2. The molecule has 140 valence electrons. The first-order valence-electron chi connectivity index (χ1n) is 8.52. The Kier molecular flexibility index (Phi) is 5.97. The summed E-state index contributed by atoms with van der Waals surface area (Å²) in [6.07, 6.45) is 1.96. The summed E-state index contributed by atoms with van der Waals surface area (Å²) in [7, 11) is 1.45. The van der Waals surface area contributed by atoms with Gasteiger partial charge < -0.3 is 16.0 Å². The topological polar surface area (TPSA) is 108 Å². The molecular formula is C18H24N4O4. The van der Waals surface area contributed by atoms with Crippen molar-refractivity contribution in [3.05, 3.63) is 35.4 Å². The van der Waals surface area contributed by atoms with Gasteiger partial charge >= 0.3 is 6.03 Å². The van der Waals surface area contributed by atoms with Crippen molar-refractivity contribution in [2.24, 2.45) is 0 Å². The van der Waals surface area contributed by atoms with Gasteiger partial charge in [0.15, 0.2) is 0 Å². The number of urea groups is 1. The van der Waals surface area contributed by atoms with Crippen LogP contribution in [0.5, 0.6) is 0 Å². The summed E-state index contributed by atoms with van der Waals surface area (Å²) in [6.45, 7) is 3.05. The minimum Gasteiger partial charge on any atom is -0.358 e. The fourth-order valence-electron chi connectivity index (χ4n) is 2.80. The van der Waals surface area contributed by atoms with Crippen molar-refractivity contribution in [1.82, 2.24) is 20.9 Å². The first-order chi connectivity index (χ1) is 12.3. The van der Waals surface area contributed by atoms with Crippen LogP contribution in [-0.4, -0.2) is 48.8 Å². The Labute approximate surface area is 152 Å². The van der Waals surface area contributed by atoms with Crippen LogP contribution in [0.1, 0.15) is 31.4 Å². The van der Waals surface area contributed by atoms with Crippen molar-refractivity contribution < 1.29 is 19.2 Å². The molecule has 1 aromatic rings. The number of rotatable bonds is 7. The maximum Gasteiger partial charge on any atom is 0.325 e. The van der Waals surface area contributed by atoms with Gasteiger partial charge in [-0.05, 0) is 24.5 Å². The normalized spacial score (nSPS) is 19.3. The SMILES string of the molecule is CCCc1ccc([C@]2(C)NC(=O)N(CC(=O)NCC(=O)NC)C2=O)cc1. The Bertz CT molecular complexity index is 716. The number of nitrogens with one attached hydrogen (secondary N) is 3. The van der Waals surface area contributed by atoms with E-state index in [0.717, 1.165) is 23.3 Å². The molecule has 1 heterocycles. The third kappa shape index (κ3) is 4.01. The lowest BCUT2D eigenvalue weighted by molar-refractivity contribution is -0.135. The molecule has 1 aliphatic rings. The second-order valence-corrected chi connectivity index (χ2v) is 6.34. The molecule has 1 aromatic carbocycles. The summed E-state index contributed by atoms with van der Waals surface area (Å²) in [5, 5.41) is 7.39. The number of nitrogens with zero attached hydrogens (tertiary/aromatic N) is 1. The van der Waals surface area contributed by atoms with E-state index < -0.39 is 29.9 Å². The van der Waals surface area contributed by atoms with Crippen LogP contribution in [0.15, 0.2) is 24.3 Å². The monoisotopic (exact) mass is 360 g/mol. The van der Waals surface area contributed by atoms with Gasteiger partial charge in [-0.3, -0.25) is 19.3 Å². The van der Waals surface area contributed by atoms with Crippen LogP contribution in [-0.2, 0) is 26.3 Å². The van der Waals surface area contributed by atoms with Gasteiger partial charge in [-0.2, -0.15) is 0 Å². The number of hydrogen-bond donors (Lipinski definition) is 3. The second kappa shape index (κ2) is 7.99. The van der Waals surface area contributed by atoms with E-state index in [1.807, 2.05) is 24.3 Å². The molecule has 8 nitrogen and oxygen atoms in total. The van der Waals surface area contributed by atoms with Crippen molar-refractivity contribution in [1.29, 1.82) is 0 Å². The maximum absolute atomic E-state index is 12.8. The highest BCUT2D eigenvalue weighted by molar-refractivity contribution is 6.09. The van der Waals surface area contributed by atoms with Gasteiger partial charge in [0.2, 0.25) is 11.8 Å². The van der Waals surface area contributed by atoms with Crippen LogP contribution in [0.3, 0.4) is 0 Å². The number of carbonyl (C=O) groups is 4. The lowest BCUT2D eigenvalue weighted by atomic mass is 9.91. The third-order valence-corrected chi connectivity index (χ3v) is 4.37. The number of likely N-dealkylation sites (N-methyl/N-ethyl adjacent to an activating group) is 1. The molecule has 26 heavy (non-hydrogen) atoms. The molecule has 0 bridgehead atoms. The molecule has 0 spiro atoms. The molecular weight excluding hydrogens is 336 g/mol. The summed E-state index contributed by atoms with van der Waals surface area (Å²) in [5.74, 6) is -1.45. The van der Waals surface area contributed by atoms with Crippen LogP contribution >= 0.6 is 0 Å². The summed E-state index contributed by atoms with van der Waals surface area (Å²) in [4.78, 5) is 48.9. The zero-order valence-corrected chi connectivity index (χ0v) is 15.2. The minimum atomic E-state index is -1.22. The number of imide groups is 1. The predicted molar refractivity (Wildman–Crippen MR) is 95.1 cm³/mol. The number of carbonyl (C=O) groups excluding carboxylic acids is 4. The van der Waals surface area contributed by atoms with Gasteiger partial charge in [0.1, 0.15) is 12.1 Å². The highest BCUT2D eigenvalue weighted by Gasteiger charge is 2.49. The van der Waals surface area contributed by atoms with Crippen LogP contribution in [0.4, 0.5) is 4.79 Å². The van der Waals surface area contributed by atoms with E-state index in [2.05, 4.69) is 22.9 Å². The van der Waals surface area contributed by atoms with Gasteiger partial charge in [-0.1, -0.05) is 37.6 Å². The molecule has 0 saturated carbocycles. The highest BCUT2D eigenvalue weighted by atomic mass is 16.2. The van der Waals surface area contributed by atoms with E-state index in [-0.39, 0.29) is 12.5 Å². The number of hydrogen-bond acceptors (Lipinski definition) is 4. The van der Waals surface area contributed by atoms with Gasteiger partial charge in [-0.25, -0.2) is 4.79 Å². The molecule has 0 aromatic heterocycles. The summed E-state index contributed by atoms with van der Waals surface area (Å²) in [5.41, 5.74) is 0.592. The van der Waals surface area contributed by atoms with Crippen LogP contribution in [0, 0.1) is 0 Å². The Balaban J connectivity index is 2.09. The van der Waals surface area contributed by atoms with Crippen molar-refractivity contribution >= 4 is 23.8 Å². The average Bonchev–Trinajstić information content (AvgIpc) is 2.84. The molecule has 1 fully saturated rings. The molecule has 1 aliphatic heterocycles. The van der Waals surface area contributed by atoms with Gasteiger partial charge in [0.05, 0.1) is 6.54 Å². The van der Waals surface area contributed by atoms with Gasteiger partial charge in [-0.15, -0.1) is 0 Å². The van der Waals surface area contributed by atoms with Gasteiger partial charge in [0, 0.05) is 7.05 Å². The lowest BCUT2D eigenvalue weighted by Gasteiger charge is -2.22. The van der Waals surface area contributed by atoms with E-state index in [1.165, 1.54) is 7.05 Å². The molecule has 3 N–H and O–H groups in total. The summed E-state index contributed by atoms with van der Waals surface area (Å²) >= 11 is 0. The van der Waals surface area contributed by atoms with E-state index in [0.29, 0.717) is 5.56 Å². The first-order valence-corrected chi connectivity index (χ1v) is 8.52. The Morgan fingerprint density at radius 2 is 1.81 bits per heavy atom. The molecule has 0 radical (unpaired) electrons. The summed E-state index contributed by atoms with van der Waals surface area (Å²) < 4.78 is 0. The van der Waals surface area contributed by atoms with Crippen LogP contribution in [0.25, 0.3) is 0 Å². The molecule has 0 unspecified atom stereocenters. The number of benzene rings is 1. The molecule has 5 amide bonds. The van der Waals surface area contributed by atoms with Crippen molar-refractivity contribution in [2.75, 3.05) is 20.1 Å². The third-order valence-electron chi connectivity index (χ3n) is 4.37. The fraction of sp³-hybridized carbons (Fsp3) is 0.444. The predicted octanol–water partition coefficient (Wildman–Crippen LogP) is 0.268. The summed E-state index contributed by atoms with van der Waals surface area (Å²) in [6, 6.07) is 6.87. The standard InChI is InChI=1S/C18H24N4O4/c1-4-5-12-6-8-13(9-7-12)18(2)16(25)22(17(26)21-18)11-15(24)20-10-14(23)19-3/h6-9H,4-5,10-11H2,1-3H3,(H,19,23)(H,20,24)(H,21,26)/t18-/m0/s1. The lowest BCUT2D eigenvalue weighted by Crippen LogP contribution is -2.44. The molecule has 0 aliphatic carbocycles. The number of amides is 5. The van der Waals surface area contributed by atoms with E-state index in [1.54, 1.807) is 6.92 Å². The quantitative estimate of drug-likeness (QED) is 0.607. The van der Waals surface area contributed by atoms with Crippen molar-refractivity contribution in [3.63, 3.8) is 0 Å². The Hall–Kier alpha value is -2.90. The highest BCUT2D eigenvalue weighted by Crippen LogP contribution is 2.29. The van der Waals surface area contributed by atoms with Crippen molar-refractivity contribution in [2.45, 2.75) is 32.2 Å². The first kappa shape index (κ1) is 19.4. The Morgan fingerprint density at radius 1 is 1.15 bits per heavy atom. The zero-order chi connectivity index (χ0) is 19.3. The molecule has 1 atom stereocenters. The van der Waals surface area contributed by atoms with Gasteiger partial charge in [0.25, 0.3) is 5.91 Å². The van der Waals surface area contributed by atoms with Crippen LogP contribution < -0.4 is 16.0 Å². The minimum absolute atomic E-state index is 0.213. The number of aryl methyl sites for hydroxylation is 1. The fourth-order valence-corrected chi connectivity index (χ4v) is 2.80. The maximum atomic E-state index is 12.8. The molecule has 2 rings (SSSR count). The molecule has 1 saturated heterocycles. The van der Waals surface area contributed by atoms with E-state index >= 15 is 0 Å². The van der Waals surface area contributed by atoms with Crippen LogP contribution in [0.2, 0.25) is 0 Å². The smallest absolute Gasteiger partial charge is 0.325 e. The van der Waals surface area contributed by atoms with E-state index in [4.69, 9.17) is 0 Å². The van der Waals surface area contributed by atoms with Crippen molar-refractivity contribution in [3.8, 4) is 0 Å². The largest absolute Gasteiger partial charge is 0.358 e. The molecule has 8 heteroatoms.